The van der Waals surface area contributed by atoms with Gasteiger partial charge < -0.3 is 14.6 Å². The van der Waals surface area contributed by atoms with E-state index in [-0.39, 0.29) is 12.6 Å². The van der Waals surface area contributed by atoms with Gasteiger partial charge in [-0.25, -0.2) is 9.69 Å². The molecule has 160 valence electrons. The third-order valence-corrected chi connectivity index (χ3v) is 5.38. The first-order valence-corrected chi connectivity index (χ1v) is 10.4. The molecule has 6 heteroatoms. The number of benzene rings is 2. The fourth-order valence-electron chi connectivity index (χ4n) is 3.56. The Labute approximate surface area is 177 Å². The molecule has 0 unspecified atom stereocenters. The van der Waals surface area contributed by atoms with Crippen LogP contribution in [0, 0.1) is 5.92 Å². The lowest BCUT2D eigenvalue weighted by Gasteiger charge is -2.25. The van der Waals surface area contributed by atoms with Gasteiger partial charge in [0.1, 0.15) is 6.61 Å². The first-order valence-electron chi connectivity index (χ1n) is 10.4. The molecule has 3 rings (SSSR count). The van der Waals surface area contributed by atoms with Gasteiger partial charge >= 0.3 is 6.09 Å². The number of amides is 2. The van der Waals surface area contributed by atoms with Gasteiger partial charge in [-0.3, -0.25) is 4.79 Å². The Bertz CT molecular complexity index is 811. The molecular weight excluding hydrogens is 382 g/mol. The van der Waals surface area contributed by atoms with Gasteiger partial charge in [-0.05, 0) is 30.4 Å². The molecule has 1 saturated heterocycles. The van der Waals surface area contributed by atoms with Crippen molar-refractivity contribution in [2.45, 2.75) is 44.9 Å². The van der Waals surface area contributed by atoms with Gasteiger partial charge in [-0.2, -0.15) is 0 Å². The highest BCUT2D eigenvalue weighted by Crippen LogP contribution is 2.22. The highest BCUT2D eigenvalue weighted by atomic mass is 16.6. The highest BCUT2D eigenvalue weighted by molar-refractivity contribution is 5.94. The Morgan fingerprint density at radius 2 is 1.77 bits per heavy atom. The van der Waals surface area contributed by atoms with E-state index in [0.717, 1.165) is 11.1 Å². The molecule has 0 aliphatic carbocycles. The van der Waals surface area contributed by atoms with Crippen molar-refractivity contribution in [3.05, 3.63) is 71.8 Å². The predicted octanol–water partition coefficient (Wildman–Crippen LogP) is 3.57. The van der Waals surface area contributed by atoms with Crippen LogP contribution >= 0.6 is 0 Å². The van der Waals surface area contributed by atoms with Crippen molar-refractivity contribution < 1.29 is 24.2 Å². The van der Waals surface area contributed by atoms with E-state index in [2.05, 4.69) is 0 Å². The zero-order valence-corrected chi connectivity index (χ0v) is 17.3. The van der Waals surface area contributed by atoms with Crippen LogP contribution in [-0.4, -0.2) is 47.4 Å². The van der Waals surface area contributed by atoms with Gasteiger partial charge in [0.2, 0.25) is 5.91 Å². The first kappa shape index (κ1) is 22.0. The summed E-state index contributed by atoms with van der Waals surface area (Å²) in [6.07, 6.45) is 0.112. The fourth-order valence-corrected chi connectivity index (χ4v) is 3.56. The van der Waals surface area contributed by atoms with Gasteiger partial charge in [-0.15, -0.1) is 0 Å². The van der Waals surface area contributed by atoms with Crippen molar-refractivity contribution >= 4 is 12.0 Å². The molecule has 1 N–H and O–H groups in total. The standard InChI is InChI=1S/C24H29NO5/c1-18(22(26)13-8-14-29-16-20-11-6-3-7-12-20)23(27)25-21(17-30-24(25)28)15-19-9-4-2-5-10-19/h2-7,9-12,18,21-22,26H,8,13-17H2,1H3/t18-,21-,22+/m0/s1. The summed E-state index contributed by atoms with van der Waals surface area (Å²) < 4.78 is 10.8. The van der Waals surface area contributed by atoms with Crippen LogP contribution in [0.2, 0.25) is 0 Å². The molecule has 6 nitrogen and oxygen atoms in total. The number of nitrogens with zero attached hydrogens (tertiary/aromatic N) is 1. The van der Waals surface area contributed by atoms with Crippen LogP contribution in [0.3, 0.4) is 0 Å². The minimum Gasteiger partial charge on any atom is -0.447 e. The normalized spacial score (nSPS) is 18.1. The van der Waals surface area contributed by atoms with Crippen LogP contribution in [0.4, 0.5) is 4.79 Å². The largest absolute Gasteiger partial charge is 0.447 e. The second kappa shape index (κ2) is 10.9. The minimum atomic E-state index is -0.844. The summed E-state index contributed by atoms with van der Waals surface area (Å²) >= 11 is 0. The Kier molecular flexibility index (Phi) is 7.99. The SMILES string of the molecule is C[C@H](C(=O)N1C(=O)OC[C@@H]1Cc1ccccc1)[C@H](O)CCCOCc1ccccc1. The molecule has 1 heterocycles. The third-order valence-electron chi connectivity index (χ3n) is 5.38. The quantitative estimate of drug-likeness (QED) is 0.605. The van der Waals surface area contributed by atoms with E-state index in [1.54, 1.807) is 6.92 Å². The summed E-state index contributed by atoms with van der Waals surface area (Å²) in [5.41, 5.74) is 2.13. The first-order chi connectivity index (χ1) is 14.6. The average Bonchev–Trinajstić information content (AvgIpc) is 3.13. The van der Waals surface area contributed by atoms with E-state index < -0.39 is 24.0 Å². The number of hydrogen-bond acceptors (Lipinski definition) is 5. The van der Waals surface area contributed by atoms with Crippen LogP contribution in [0.15, 0.2) is 60.7 Å². The number of rotatable bonds is 10. The summed E-state index contributed by atoms with van der Waals surface area (Å²) in [6, 6.07) is 19.2. The van der Waals surface area contributed by atoms with E-state index in [4.69, 9.17) is 9.47 Å². The maximum absolute atomic E-state index is 12.9. The summed E-state index contributed by atoms with van der Waals surface area (Å²) in [7, 11) is 0. The molecule has 0 bridgehead atoms. The molecule has 1 aliphatic rings. The number of aliphatic hydroxyl groups excluding tert-OH is 1. The van der Waals surface area contributed by atoms with Crippen LogP contribution in [-0.2, 0) is 27.3 Å². The number of carbonyl (C=O) groups excluding carboxylic acids is 2. The van der Waals surface area contributed by atoms with E-state index in [1.165, 1.54) is 4.90 Å². The lowest BCUT2D eigenvalue weighted by Crippen LogP contribution is -2.45. The average molecular weight is 411 g/mol. The highest BCUT2D eigenvalue weighted by Gasteiger charge is 2.41. The number of aliphatic hydroxyl groups is 1. The maximum Gasteiger partial charge on any atom is 0.416 e. The van der Waals surface area contributed by atoms with E-state index in [1.807, 2.05) is 60.7 Å². The smallest absolute Gasteiger partial charge is 0.416 e. The molecule has 0 saturated carbocycles. The third kappa shape index (κ3) is 5.90. The maximum atomic E-state index is 12.9. The lowest BCUT2D eigenvalue weighted by atomic mass is 9.97. The zero-order valence-electron chi connectivity index (χ0n) is 17.3. The molecule has 2 aromatic rings. The summed E-state index contributed by atoms with van der Waals surface area (Å²) in [5.74, 6) is -1.08. The van der Waals surface area contributed by atoms with Crippen molar-refractivity contribution in [3.63, 3.8) is 0 Å². The summed E-state index contributed by atoms with van der Waals surface area (Å²) in [5, 5.41) is 10.5. The van der Waals surface area contributed by atoms with Gasteiger partial charge in [-0.1, -0.05) is 67.6 Å². The van der Waals surface area contributed by atoms with Crippen LogP contribution in [0.5, 0.6) is 0 Å². The number of cyclic esters (lactones) is 1. The Hall–Kier alpha value is -2.70. The summed E-state index contributed by atoms with van der Waals surface area (Å²) in [4.78, 5) is 26.2. The summed E-state index contributed by atoms with van der Waals surface area (Å²) in [6.45, 7) is 2.85. The van der Waals surface area contributed by atoms with Gasteiger partial charge in [0.15, 0.2) is 0 Å². The van der Waals surface area contributed by atoms with Crippen molar-refractivity contribution in [1.29, 1.82) is 0 Å². The van der Waals surface area contributed by atoms with Crippen molar-refractivity contribution in [2.75, 3.05) is 13.2 Å². The van der Waals surface area contributed by atoms with E-state index in [0.29, 0.717) is 32.5 Å². The molecule has 3 atom stereocenters. The fraction of sp³-hybridized carbons (Fsp3) is 0.417. The second-order valence-electron chi connectivity index (χ2n) is 7.67. The van der Waals surface area contributed by atoms with Gasteiger partial charge in [0.05, 0.1) is 24.7 Å². The van der Waals surface area contributed by atoms with Crippen LogP contribution < -0.4 is 0 Å². The lowest BCUT2D eigenvalue weighted by molar-refractivity contribution is -0.136. The minimum absolute atomic E-state index is 0.176. The van der Waals surface area contributed by atoms with E-state index in [9.17, 15) is 14.7 Å². The topological polar surface area (TPSA) is 76.1 Å². The molecule has 2 amide bonds. The van der Waals surface area contributed by atoms with Gasteiger partial charge in [0, 0.05) is 6.61 Å². The van der Waals surface area contributed by atoms with Gasteiger partial charge in [0.25, 0.3) is 0 Å². The van der Waals surface area contributed by atoms with Crippen molar-refractivity contribution in [2.24, 2.45) is 5.92 Å². The van der Waals surface area contributed by atoms with Crippen LogP contribution in [0.25, 0.3) is 0 Å². The molecule has 1 aliphatic heterocycles. The Morgan fingerprint density at radius 3 is 2.43 bits per heavy atom. The van der Waals surface area contributed by atoms with Crippen LogP contribution in [0.1, 0.15) is 30.9 Å². The predicted molar refractivity (Wildman–Crippen MR) is 113 cm³/mol. The Balaban J connectivity index is 1.46. The second-order valence-corrected chi connectivity index (χ2v) is 7.67. The molecule has 2 aromatic carbocycles. The zero-order chi connectivity index (χ0) is 21.3. The molecule has 1 fully saturated rings. The number of carbonyl (C=O) groups is 2. The van der Waals surface area contributed by atoms with Crippen molar-refractivity contribution in [1.82, 2.24) is 4.90 Å². The molecular formula is C24H29NO5. The number of ether oxygens (including phenoxy) is 2. The molecule has 30 heavy (non-hydrogen) atoms. The molecule has 0 radical (unpaired) electrons. The van der Waals surface area contributed by atoms with Crippen molar-refractivity contribution in [3.8, 4) is 0 Å². The van der Waals surface area contributed by atoms with E-state index >= 15 is 0 Å². The Morgan fingerprint density at radius 1 is 1.13 bits per heavy atom. The molecule has 0 spiro atoms. The number of hydrogen-bond donors (Lipinski definition) is 1. The monoisotopic (exact) mass is 411 g/mol. The molecule has 0 aromatic heterocycles. The number of imide groups is 1.